The van der Waals surface area contributed by atoms with Crippen LogP contribution in [-0.4, -0.2) is 0 Å². The van der Waals surface area contributed by atoms with Crippen LogP contribution >= 0.6 is 0 Å². The summed E-state index contributed by atoms with van der Waals surface area (Å²) in [5, 5.41) is 0. The van der Waals surface area contributed by atoms with Crippen LogP contribution in [0.25, 0.3) is 0 Å². The molecule has 1 aliphatic rings. The zero-order valence-corrected chi connectivity index (χ0v) is 11.3. The molecule has 1 fully saturated rings. The molecule has 2 heteroatoms. The minimum absolute atomic E-state index is 0.0624. The third-order valence-corrected chi connectivity index (χ3v) is 4.17. The van der Waals surface area contributed by atoms with Crippen molar-refractivity contribution in [2.45, 2.75) is 57.9 Å². The third kappa shape index (κ3) is 3.55. The van der Waals surface area contributed by atoms with Gasteiger partial charge in [0.1, 0.15) is 5.82 Å². The van der Waals surface area contributed by atoms with Gasteiger partial charge in [-0.05, 0) is 36.5 Å². The largest absolute Gasteiger partial charge is 0.324 e. The second-order valence-electron chi connectivity index (χ2n) is 5.71. The van der Waals surface area contributed by atoms with Crippen LogP contribution in [0, 0.1) is 18.7 Å². The molecular weight excluding hydrogens is 225 g/mol. The van der Waals surface area contributed by atoms with Gasteiger partial charge in [0.15, 0.2) is 0 Å². The molecule has 1 nitrogen and oxygen atoms in total. The van der Waals surface area contributed by atoms with E-state index in [0.717, 1.165) is 17.9 Å². The minimum atomic E-state index is -0.139. The van der Waals surface area contributed by atoms with Crippen LogP contribution in [0.4, 0.5) is 4.39 Å². The van der Waals surface area contributed by atoms with Crippen molar-refractivity contribution in [1.29, 1.82) is 0 Å². The summed E-state index contributed by atoms with van der Waals surface area (Å²) in [5.41, 5.74) is 8.05. The van der Waals surface area contributed by atoms with Gasteiger partial charge < -0.3 is 5.73 Å². The Morgan fingerprint density at radius 2 is 1.89 bits per heavy atom. The number of aryl methyl sites for hydroxylation is 1. The Morgan fingerprint density at radius 3 is 2.50 bits per heavy atom. The van der Waals surface area contributed by atoms with Gasteiger partial charge in [-0.15, -0.1) is 0 Å². The Kier molecular flexibility index (Phi) is 4.76. The van der Waals surface area contributed by atoms with Gasteiger partial charge >= 0.3 is 0 Å². The average molecular weight is 249 g/mol. The summed E-state index contributed by atoms with van der Waals surface area (Å²) in [6, 6.07) is 5.34. The van der Waals surface area contributed by atoms with E-state index in [4.69, 9.17) is 5.73 Å². The molecule has 0 heterocycles. The minimum Gasteiger partial charge on any atom is -0.324 e. The monoisotopic (exact) mass is 249 g/mol. The lowest BCUT2D eigenvalue weighted by molar-refractivity contribution is 0.392. The molecule has 2 rings (SSSR count). The molecule has 0 aliphatic heterocycles. The highest BCUT2D eigenvalue weighted by atomic mass is 19.1. The van der Waals surface area contributed by atoms with E-state index >= 15 is 0 Å². The Hall–Kier alpha value is -0.890. The van der Waals surface area contributed by atoms with E-state index in [1.165, 1.54) is 44.6 Å². The normalized spacial score (nSPS) is 19.5. The Morgan fingerprint density at radius 1 is 1.22 bits per heavy atom. The fraction of sp³-hybridized carbons (Fsp3) is 0.625. The number of benzene rings is 1. The maximum Gasteiger partial charge on any atom is 0.126 e. The SMILES string of the molecule is Cc1cc(C(N)CC2CCCCCC2)ccc1F. The van der Waals surface area contributed by atoms with Crippen LogP contribution in [0.1, 0.15) is 62.1 Å². The first-order chi connectivity index (χ1) is 8.66. The smallest absolute Gasteiger partial charge is 0.126 e. The summed E-state index contributed by atoms with van der Waals surface area (Å²) in [6.45, 7) is 1.80. The summed E-state index contributed by atoms with van der Waals surface area (Å²) in [7, 11) is 0. The zero-order valence-electron chi connectivity index (χ0n) is 11.3. The van der Waals surface area contributed by atoms with E-state index in [1.807, 2.05) is 12.1 Å². The van der Waals surface area contributed by atoms with Crippen molar-refractivity contribution >= 4 is 0 Å². The highest BCUT2D eigenvalue weighted by molar-refractivity contribution is 5.26. The maximum absolute atomic E-state index is 13.2. The Labute approximate surface area is 110 Å². The van der Waals surface area contributed by atoms with Gasteiger partial charge in [-0.1, -0.05) is 50.7 Å². The van der Waals surface area contributed by atoms with Crippen molar-refractivity contribution in [3.05, 3.63) is 35.1 Å². The number of rotatable bonds is 3. The maximum atomic E-state index is 13.2. The van der Waals surface area contributed by atoms with Gasteiger partial charge in [0, 0.05) is 6.04 Å². The lowest BCUT2D eigenvalue weighted by Crippen LogP contribution is -2.15. The average Bonchev–Trinajstić information content (AvgIpc) is 2.61. The van der Waals surface area contributed by atoms with Gasteiger partial charge in [-0.2, -0.15) is 0 Å². The molecular formula is C16H24FN. The molecule has 2 N–H and O–H groups in total. The van der Waals surface area contributed by atoms with Crippen molar-refractivity contribution < 1.29 is 4.39 Å². The van der Waals surface area contributed by atoms with Crippen LogP contribution in [0.2, 0.25) is 0 Å². The molecule has 1 unspecified atom stereocenters. The van der Waals surface area contributed by atoms with Crippen LogP contribution in [0.15, 0.2) is 18.2 Å². The fourth-order valence-electron chi connectivity index (χ4n) is 2.99. The standard InChI is InChI=1S/C16H24FN/c1-12-10-14(8-9-15(12)17)16(18)11-13-6-4-2-3-5-7-13/h8-10,13,16H,2-7,11,18H2,1H3. The molecule has 100 valence electrons. The lowest BCUT2D eigenvalue weighted by Gasteiger charge is -2.20. The van der Waals surface area contributed by atoms with Gasteiger partial charge in [0.25, 0.3) is 0 Å². The van der Waals surface area contributed by atoms with Crippen molar-refractivity contribution in [2.75, 3.05) is 0 Å². The highest BCUT2D eigenvalue weighted by Crippen LogP contribution is 2.30. The van der Waals surface area contributed by atoms with Crippen LogP contribution in [0.5, 0.6) is 0 Å². The summed E-state index contributed by atoms with van der Waals surface area (Å²) in [6.07, 6.45) is 9.12. The first-order valence-electron chi connectivity index (χ1n) is 7.18. The van der Waals surface area contributed by atoms with E-state index in [9.17, 15) is 4.39 Å². The summed E-state index contributed by atoms with van der Waals surface area (Å²) >= 11 is 0. The van der Waals surface area contributed by atoms with Crippen LogP contribution in [0.3, 0.4) is 0 Å². The van der Waals surface area contributed by atoms with Crippen molar-refractivity contribution in [3.8, 4) is 0 Å². The topological polar surface area (TPSA) is 26.0 Å². The molecule has 0 saturated heterocycles. The molecule has 1 aromatic rings. The Balaban J connectivity index is 1.97. The summed E-state index contributed by atoms with van der Waals surface area (Å²) in [4.78, 5) is 0. The van der Waals surface area contributed by atoms with Gasteiger partial charge in [0.2, 0.25) is 0 Å². The van der Waals surface area contributed by atoms with Crippen molar-refractivity contribution in [3.63, 3.8) is 0 Å². The van der Waals surface area contributed by atoms with E-state index in [0.29, 0.717) is 5.56 Å². The summed E-state index contributed by atoms with van der Waals surface area (Å²) < 4.78 is 13.2. The van der Waals surface area contributed by atoms with Crippen molar-refractivity contribution in [2.24, 2.45) is 11.7 Å². The molecule has 1 aromatic carbocycles. The number of nitrogens with two attached hydrogens (primary N) is 1. The van der Waals surface area contributed by atoms with Crippen molar-refractivity contribution in [1.82, 2.24) is 0 Å². The van der Waals surface area contributed by atoms with Crippen LogP contribution in [-0.2, 0) is 0 Å². The molecule has 1 aliphatic carbocycles. The second-order valence-corrected chi connectivity index (χ2v) is 5.71. The van der Waals surface area contributed by atoms with Gasteiger partial charge in [-0.3, -0.25) is 0 Å². The zero-order chi connectivity index (χ0) is 13.0. The molecule has 1 atom stereocenters. The second kappa shape index (κ2) is 6.33. The van der Waals surface area contributed by atoms with E-state index < -0.39 is 0 Å². The third-order valence-electron chi connectivity index (χ3n) is 4.17. The molecule has 1 saturated carbocycles. The first-order valence-corrected chi connectivity index (χ1v) is 7.18. The summed E-state index contributed by atoms with van der Waals surface area (Å²) in [5.74, 6) is 0.619. The fourth-order valence-corrected chi connectivity index (χ4v) is 2.99. The number of hydrogen-bond donors (Lipinski definition) is 1. The number of hydrogen-bond acceptors (Lipinski definition) is 1. The predicted octanol–water partition coefficient (Wildman–Crippen LogP) is 4.49. The predicted molar refractivity (Wildman–Crippen MR) is 73.9 cm³/mol. The molecule has 0 radical (unpaired) electrons. The lowest BCUT2D eigenvalue weighted by atomic mass is 9.89. The van der Waals surface area contributed by atoms with E-state index in [1.54, 1.807) is 6.92 Å². The highest BCUT2D eigenvalue weighted by Gasteiger charge is 2.17. The van der Waals surface area contributed by atoms with Gasteiger partial charge in [-0.25, -0.2) is 4.39 Å². The van der Waals surface area contributed by atoms with Crippen LogP contribution < -0.4 is 5.73 Å². The molecule has 0 aromatic heterocycles. The molecule has 0 spiro atoms. The molecule has 0 bridgehead atoms. The van der Waals surface area contributed by atoms with E-state index in [-0.39, 0.29) is 11.9 Å². The number of halogens is 1. The molecule has 0 amide bonds. The Bertz CT molecular complexity index is 381. The van der Waals surface area contributed by atoms with E-state index in [2.05, 4.69) is 0 Å². The molecule has 18 heavy (non-hydrogen) atoms. The first kappa shape index (κ1) is 13.5. The van der Waals surface area contributed by atoms with Gasteiger partial charge in [0.05, 0.1) is 0 Å². The quantitative estimate of drug-likeness (QED) is 0.784.